The molecule has 1 aromatic heterocycles. The average Bonchev–Trinajstić information content (AvgIpc) is 2.88. The summed E-state index contributed by atoms with van der Waals surface area (Å²) < 4.78 is 40.9. The summed E-state index contributed by atoms with van der Waals surface area (Å²) in [6.07, 6.45) is -3.76. The summed E-state index contributed by atoms with van der Waals surface area (Å²) in [4.78, 5) is 5.36. The summed E-state index contributed by atoms with van der Waals surface area (Å²) >= 11 is 0.767. The maximum Gasteiger partial charge on any atom is 0.452 e. The number of nitrogens with zero attached hydrogens (tertiary/aromatic N) is 3. The molecule has 0 atom stereocenters. The Morgan fingerprint density at radius 2 is 2.10 bits per heavy atom. The first-order valence-corrected chi connectivity index (χ1v) is 6.74. The number of hydrogen-bond acceptors (Lipinski definition) is 5. The van der Waals surface area contributed by atoms with E-state index in [0.717, 1.165) is 29.1 Å². The van der Waals surface area contributed by atoms with Crippen LogP contribution < -0.4 is 10.6 Å². The highest BCUT2D eigenvalue weighted by molar-refractivity contribution is 7.09. The summed E-state index contributed by atoms with van der Waals surface area (Å²) in [5, 5.41) is 0.284. The molecule has 1 aliphatic rings. The molecule has 0 bridgehead atoms. The zero-order chi connectivity index (χ0) is 14.3. The molecule has 2 N–H and O–H groups in total. The quantitative estimate of drug-likeness (QED) is 0.823. The maximum absolute atomic E-state index is 12.5. The number of nitrogen functional groups attached to an aromatic ring is 1. The van der Waals surface area contributed by atoms with E-state index < -0.39 is 12.0 Å². The van der Waals surface area contributed by atoms with Crippen molar-refractivity contribution in [3.63, 3.8) is 0 Å². The van der Waals surface area contributed by atoms with Crippen LogP contribution in [0.25, 0.3) is 0 Å². The van der Waals surface area contributed by atoms with Crippen molar-refractivity contribution in [1.29, 1.82) is 0 Å². The van der Waals surface area contributed by atoms with Crippen LogP contribution in [0.5, 0.6) is 0 Å². The molecule has 2 aromatic rings. The van der Waals surface area contributed by atoms with Crippen molar-refractivity contribution in [2.45, 2.75) is 19.1 Å². The fourth-order valence-electron chi connectivity index (χ4n) is 2.23. The van der Waals surface area contributed by atoms with Crippen molar-refractivity contribution in [3.05, 3.63) is 35.2 Å². The van der Waals surface area contributed by atoms with Crippen molar-refractivity contribution in [1.82, 2.24) is 9.36 Å². The van der Waals surface area contributed by atoms with Gasteiger partial charge in [-0.2, -0.15) is 22.5 Å². The molecule has 0 fully saturated rings. The van der Waals surface area contributed by atoms with Crippen molar-refractivity contribution < 1.29 is 13.2 Å². The molecule has 0 radical (unpaired) electrons. The van der Waals surface area contributed by atoms with Crippen molar-refractivity contribution in [3.8, 4) is 0 Å². The number of hydrogen-bond donors (Lipinski definition) is 1. The molecular formula is C12H11F3N4S. The second kappa shape index (κ2) is 4.62. The Morgan fingerprint density at radius 3 is 2.80 bits per heavy atom. The zero-order valence-electron chi connectivity index (χ0n) is 10.3. The standard InChI is InChI=1S/C12H11F3N4S/c13-12(14,15)10-17-11(20-18-10)19-5-4-7-2-1-3-9(16)8(7)6-19/h1-3H,4-6,16H2. The molecule has 4 nitrogen and oxygen atoms in total. The highest BCUT2D eigenvalue weighted by atomic mass is 32.1. The third-order valence-corrected chi connectivity index (χ3v) is 4.03. The second-order valence-electron chi connectivity index (χ2n) is 4.55. The van der Waals surface area contributed by atoms with Crippen LogP contribution in [-0.4, -0.2) is 15.9 Å². The monoisotopic (exact) mass is 300 g/mol. The van der Waals surface area contributed by atoms with Gasteiger partial charge < -0.3 is 10.6 Å². The SMILES string of the molecule is Nc1cccc2c1CN(c1nc(C(F)(F)F)ns1)CC2. The Hall–Kier alpha value is -1.83. The van der Waals surface area contributed by atoms with Gasteiger partial charge in [-0.1, -0.05) is 12.1 Å². The van der Waals surface area contributed by atoms with Crippen molar-refractivity contribution >= 4 is 22.4 Å². The molecular weight excluding hydrogens is 289 g/mol. The predicted octanol–water partition coefficient (Wildman–Crippen LogP) is 2.70. The predicted molar refractivity (Wildman–Crippen MR) is 70.5 cm³/mol. The molecule has 2 heterocycles. The largest absolute Gasteiger partial charge is 0.452 e. The third kappa shape index (κ3) is 2.31. The molecule has 0 aliphatic carbocycles. The Balaban J connectivity index is 1.87. The number of nitrogens with two attached hydrogens (primary N) is 1. The van der Waals surface area contributed by atoms with Gasteiger partial charge in [-0.25, -0.2) is 0 Å². The summed E-state index contributed by atoms with van der Waals surface area (Å²) in [5.74, 6) is -1.08. The van der Waals surface area contributed by atoms with Crippen LogP contribution in [0.1, 0.15) is 17.0 Å². The molecule has 106 valence electrons. The van der Waals surface area contributed by atoms with Crippen LogP contribution in [0.2, 0.25) is 0 Å². The van der Waals surface area contributed by atoms with Crippen LogP contribution in [0.3, 0.4) is 0 Å². The Labute approximate surface area is 117 Å². The Bertz CT molecular complexity index is 638. The van der Waals surface area contributed by atoms with Crippen LogP contribution in [0.4, 0.5) is 24.0 Å². The number of alkyl halides is 3. The van der Waals surface area contributed by atoms with E-state index in [1.807, 2.05) is 12.1 Å². The van der Waals surface area contributed by atoms with E-state index in [4.69, 9.17) is 5.73 Å². The summed E-state index contributed by atoms with van der Waals surface area (Å²) in [6, 6.07) is 5.67. The van der Waals surface area contributed by atoms with Gasteiger partial charge in [-0.05, 0) is 23.6 Å². The fourth-order valence-corrected chi connectivity index (χ4v) is 2.94. The average molecular weight is 300 g/mol. The van der Waals surface area contributed by atoms with Gasteiger partial charge in [-0.15, -0.1) is 0 Å². The minimum atomic E-state index is -4.50. The highest BCUT2D eigenvalue weighted by Crippen LogP contribution is 2.33. The highest BCUT2D eigenvalue weighted by Gasteiger charge is 2.36. The number of benzene rings is 1. The Kier molecular flexibility index (Phi) is 3.04. The summed E-state index contributed by atoms with van der Waals surface area (Å²) in [7, 11) is 0. The lowest BCUT2D eigenvalue weighted by molar-refractivity contribution is -0.144. The molecule has 0 unspecified atom stereocenters. The van der Waals surface area contributed by atoms with Gasteiger partial charge in [0.1, 0.15) is 0 Å². The normalized spacial score (nSPS) is 15.2. The van der Waals surface area contributed by atoms with Crippen LogP contribution in [0, 0.1) is 0 Å². The summed E-state index contributed by atoms with van der Waals surface area (Å²) in [5.41, 5.74) is 8.68. The first-order chi connectivity index (χ1) is 9.45. The van der Waals surface area contributed by atoms with Gasteiger partial charge in [0.05, 0.1) is 0 Å². The molecule has 0 amide bonds. The first kappa shape index (κ1) is 13.2. The van der Waals surface area contributed by atoms with E-state index in [9.17, 15) is 13.2 Å². The van der Waals surface area contributed by atoms with Crippen molar-refractivity contribution in [2.24, 2.45) is 0 Å². The van der Waals surface area contributed by atoms with Gasteiger partial charge in [0.25, 0.3) is 0 Å². The van der Waals surface area contributed by atoms with Crippen LogP contribution in [0.15, 0.2) is 18.2 Å². The van der Waals surface area contributed by atoms with Crippen LogP contribution >= 0.6 is 11.5 Å². The zero-order valence-corrected chi connectivity index (χ0v) is 11.1. The lowest BCUT2D eigenvalue weighted by Crippen LogP contribution is -2.31. The van der Waals surface area contributed by atoms with Gasteiger partial charge in [0, 0.05) is 30.3 Å². The smallest absolute Gasteiger partial charge is 0.398 e. The molecule has 1 aromatic carbocycles. The molecule has 0 saturated carbocycles. The summed E-state index contributed by atoms with van der Waals surface area (Å²) in [6.45, 7) is 1.08. The first-order valence-electron chi connectivity index (χ1n) is 5.97. The molecule has 20 heavy (non-hydrogen) atoms. The van der Waals surface area contributed by atoms with E-state index in [0.29, 0.717) is 18.8 Å². The number of halogens is 3. The fraction of sp³-hybridized carbons (Fsp3) is 0.333. The number of fused-ring (bicyclic) bond motifs is 1. The lowest BCUT2D eigenvalue weighted by Gasteiger charge is -2.28. The lowest BCUT2D eigenvalue weighted by atomic mass is 9.98. The maximum atomic E-state index is 12.5. The third-order valence-electron chi connectivity index (χ3n) is 3.25. The minimum Gasteiger partial charge on any atom is -0.398 e. The molecule has 0 spiro atoms. The Morgan fingerprint density at radius 1 is 1.30 bits per heavy atom. The van der Waals surface area contributed by atoms with E-state index >= 15 is 0 Å². The van der Waals surface area contributed by atoms with Gasteiger partial charge in [-0.3, -0.25) is 0 Å². The molecule has 8 heteroatoms. The van der Waals surface area contributed by atoms with Gasteiger partial charge in [0.2, 0.25) is 11.0 Å². The van der Waals surface area contributed by atoms with Crippen molar-refractivity contribution in [2.75, 3.05) is 17.2 Å². The minimum absolute atomic E-state index is 0.284. The second-order valence-corrected chi connectivity index (χ2v) is 5.29. The number of anilines is 2. The molecule has 3 rings (SSSR count). The van der Waals surface area contributed by atoms with Gasteiger partial charge >= 0.3 is 6.18 Å². The molecule has 0 saturated heterocycles. The van der Waals surface area contributed by atoms with E-state index in [2.05, 4.69) is 9.36 Å². The van der Waals surface area contributed by atoms with E-state index in [1.165, 1.54) is 0 Å². The van der Waals surface area contributed by atoms with Gasteiger partial charge in [0.15, 0.2) is 0 Å². The number of rotatable bonds is 1. The van der Waals surface area contributed by atoms with Crippen LogP contribution in [-0.2, 0) is 19.1 Å². The number of aromatic nitrogens is 2. The molecule has 1 aliphatic heterocycles. The van der Waals surface area contributed by atoms with E-state index in [-0.39, 0.29) is 5.13 Å². The van der Waals surface area contributed by atoms with E-state index in [1.54, 1.807) is 11.0 Å². The topological polar surface area (TPSA) is 55.0 Å².